The van der Waals surface area contributed by atoms with Gasteiger partial charge >= 0.3 is 6.09 Å². The first-order valence-corrected chi connectivity index (χ1v) is 5.59. The fraction of sp³-hybridized carbons (Fsp3) is 0.818. The van der Waals surface area contributed by atoms with Crippen LogP contribution in [0.2, 0.25) is 0 Å². The van der Waals surface area contributed by atoms with Gasteiger partial charge in [-0.05, 0) is 38.0 Å². The van der Waals surface area contributed by atoms with Gasteiger partial charge in [-0.3, -0.25) is 0 Å². The number of methoxy groups -OCH3 is 1. The molecule has 4 heteroatoms. The van der Waals surface area contributed by atoms with Crippen molar-refractivity contribution in [2.75, 3.05) is 7.11 Å². The molecular formula is C11H18N2O2. The Morgan fingerprint density at radius 1 is 1.40 bits per heavy atom. The van der Waals surface area contributed by atoms with Gasteiger partial charge in [0.25, 0.3) is 0 Å². The highest BCUT2D eigenvalue weighted by atomic mass is 16.5. The lowest BCUT2D eigenvalue weighted by atomic mass is 9.86. The van der Waals surface area contributed by atoms with E-state index in [1.807, 2.05) is 6.92 Å². The summed E-state index contributed by atoms with van der Waals surface area (Å²) in [5.41, 5.74) is 3.44. The van der Waals surface area contributed by atoms with E-state index >= 15 is 0 Å². The van der Waals surface area contributed by atoms with Gasteiger partial charge in [-0.15, -0.1) is 0 Å². The molecule has 0 aromatic heterocycles. The molecule has 84 valence electrons. The number of hydrazone groups is 1. The predicted octanol–water partition coefficient (Wildman–Crippen LogP) is 2.15. The molecule has 0 spiro atoms. The van der Waals surface area contributed by atoms with Crippen molar-refractivity contribution in [3.63, 3.8) is 0 Å². The Hall–Kier alpha value is -1.06. The Morgan fingerprint density at radius 3 is 2.73 bits per heavy atom. The van der Waals surface area contributed by atoms with E-state index in [9.17, 15) is 4.79 Å². The Bertz CT molecular complexity index is 288. The number of amides is 1. The first-order chi connectivity index (χ1) is 7.20. The lowest BCUT2D eigenvalue weighted by Crippen LogP contribution is -2.24. The summed E-state index contributed by atoms with van der Waals surface area (Å²) in [6, 6.07) is 0. The van der Waals surface area contributed by atoms with Crippen LogP contribution in [0.3, 0.4) is 0 Å². The molecule has 2 fully saturated rings. The predicted molar refractivity (Wildman–Crippen MR) is 57.6 cm³/mol. The van der Waals surface area contributed by atoms with Crippen LogP contribution in [0.25, 0.3) is 0 Å². The molecule has 2 saturated carbocycles. The van der Waals surface area contributed by atoms with Gasteiger partial charge in [0, 0.05) is 11.6 Å². The molecule has 1 amide bonds. The average Bonchev–Trinajstić information content (AvgIpc) is 2.86. The molecule has 1 N–H and O–H groups in total. The monoisotopic (exact) mass is 210 g/mol. The summed E-state index contributed by atoms with van der Waals surface area (Å²) in [5, 5.41) is 4.09. The number of carbonyl (C=O) groups is 1. The highest BCUT2D eigenvalue weighted by Crippen LogP contribution is 2.48. The Balaban J connectivity index is 1.90. The third-order valence-electron chi connectivity index (χ3n) is 3.78. The SMILES string of the molecule is COC(=O)N/N=C(\C)C1CC2CCC1C2. The molecule has 2 aliphatic carbocycles. The van der Waals surface area contributed by atoms with Gasteiger partial charge < -0.3 is 4.74 Å². The topological polar surface area (TPSA) is 50.7 Å². The Morgan fingerprint density at radius 2 is 2.20 bits per heavy atom. The summed E-state index contributed by atoms with van der Waals surface area (Å²) in [7, 11) is 1.34. The molecule has 15 heavy (non-hydrogen) atoms. The maximum Gasteiger partial charge on any atom is 0.427 e. The normalized spacial score (nSPS) is 34.3. The molecule has 2 bridgehead atoms. The lowest BCUT2D eigenvalue weighted by molar-refractivity contribution is 0.171. The van der Waals surface area contributed by atoms with Crippen LogP contribution in [-0.4, -0.2) is 18.9 Å². The second-order valence-corrected chi connectivity index (χ2v) is 4.64. The van der Waals surface area contributed by atoms with E-state index in [0.717, 1.165) is 17.5 Å². The number of nitrogens with zero attached hydrogens (tertiary/aromatic N) is 1. The number of fused-ring (bicyclic) bond motifs is 2. The second kappa shape index (κ2) is 4.21. The summed E-state index contributed by atoms with van der Waals surface area (Å²) in [6.45, 7) is 2.00. The third-order valence-corrected chi connectivity index (χ3v) is 3.78. The molecule has 4 nitrogen and oxygen atoms in total. The largest absolute Gasteiger partial charge is 0.452 e. The molecule has 2 aliphatic rings. The van der Waals surface area contributed by atoms with Crippen molar-refractivity contribution in [2.24, 2.45) is 22.9 Å². The van der Waals surface area contributed by atoms with Gasteiger partial charge in [-0.25, -0.2) is 10.2 Å². The summed E-state index contributed by atoms with van der Waals surface area (Å²) in [5.74, 6) is 2.29. The third kappa shape index (κ3) is 2.13. The van der Waals surface area contributed by atoms with Crippen LogP contribution in [0.4, 0.5) is 4.79 Å². The highest BCUT2D eigenvalue weighted by molar-refractivity contribution is 5.86. The Labute approximate surface area is 90.1 Å². The van der Waals surface area contributed by atoms with Crippen LogP contribution in [0.15, 0.2) is 5.10 Å². The zero-order chi connectivity index (χ0) is 10.8. The van der Waals surface area contributed by atoms with Crippen LogP contribution >= 0.6 is 0 Å². The van der Waals surface area contributed by atoms with Crippen molar-refractivity contribution < 1.29 is 9.53 Å². The van der Waals surface area contributed by atoms with Gasteiger partial charge in [-0.1, -0.05) is 6.42 Å². The molecule has 3 unspecified atom stereocenters. The van der Waals surface area contributed by atoms with Gasteiger partial charge in [-0.2, -0.15) is 5.10 Å². The smallest absolute Gasteiger partial charge is 0.427 e. The zero-order valence-corrected chi connectivity index (χ0v) is 9.32. The number of hydrogen-bond acceptors (Lipinski definition) is 3. The van der Waals surface area contributed by atoms with Crippen molar-refractivity contribution in [3.05, 3.63) is 0 Å². The molecule has 0 radical (unpaired) electrons. The Kier molecular flexibility index (Phi) is 2.93. The van der Waals surface area contributed by atoms with Gasteiger partial charge in [0.1, 0.15) is 0 Å². The van der Waals surface area contributed by atoms with Gasteiger partial charge in [0.2, 0.25) is 0 Å². The van der Waals surface area contributed by atoms with Crippen LogP contribution in [0.1, 0.15) is 32.6 Å². The van der Waals surface area contributed by atoms with E-state index < -0.39 is 6.09 Å². The van der Waals surface area contributed by atoms with Crippen molar-refractivity contribution in [2.45, 2.75) is 32.6 Å². The van der Waals surface area contributed by atoms with Crippen LogP contribution in [0.5, 0.6) is 0 Å². The van der Waals surface area contributed by atoms with E-state index in [1.54, 1.807) is 0 Å². The molecule has 0 aromatic carbocycles. The molecule has 3 atom stereocenters. The molecule has 0 heterocycles. The second-order valence-electron chi connectivity index (χ2n) is 4.64. The van der Waals surface area contributed by atoms with E-state index in [1.165, 1.54) is 32.8 Å². The maximum absolute atomic E-state index is 10.9. The molecule has 0 aliphatic heterocycles. The van der Waals surface area contributed by atoms with Crippen molar-refractivity contribution in [1.82, 2.24) is 5.43 Å². The number of nitrogens with one attached hydrogen (secondary N) is 1. The number of rotatable bonds is 2. The molecule has 0 saturated heterocycles. The first kappa shape index (κ1) is 10.5. The number of carbonyl (C=O) groups excluding carboxylic acids is 1. The standard InChI is InChI=1S/C11H18N2O2/c1-7(12-13-11(14)15-2)10-6-8-3-4-9(10)5-8/h8-10H,3-6H2,1-2H3,(H,13,14)/b12-7+. The van der Waals surface area contributed by atoms with Crippen LogP contribution in [0, 0.1) is 17.8 Å². The molecule has 0 aromatic rings. The van der Waals surface area contributed by atoms with Crippen molar-refractivity contribution >= 4 is 11.8 Å². The number of hydrogen-bond donors (Lipinski definition) is 1. The average molecular weight is 210 g/mol. The van der Waals surface area contributed by atoms with E-state index in [-0.39, 0.29) is 0 Å². The zero-order valence-electron chi connectivity index (χ0n) is 9.32. The maximum atomic E-state index is 10.9. The van der Waals surface area contributed by atoms with Crippen molar-refractivity contribution in [3.8, 4) is 0 Å². The van der Waals surface area contributed by atoms with Gasteiger partial charge in [0.15, 0.2) is 0 Å². The fourth-order valence-electron chi connectivity index (χ4n) is 3.02. The van der Waals surface area contributed by atoms with E-state index in [0.29, 0.717) is 5.92 Å². The molecule has 2 rings (SSSR count). The summed E-state index contributed by atoms with van der Waals surface area (Å²) in [4.78, 5) is 10.9. The quantitative estimate of drug-likeness (QED) is 0.561. The molecular weight excluding hydrogens is 192 g/mol. The van der Waals surface area contributed by atoms with Crippen LogP contribution < -0.4 is 5.43 Å². The summed E-state index contributed by atoms with van der Waals surface area (Å²) < 4.78 is 4.47. The fourth-order valence-corrected chi connectivity index (χ4v) is 3.02. The summed E-state index contributed by atoms with van der Waals surface area (Å²) in [6.07, 6.45) is 4.84. The minimum Gasteiger partial charge on any atom is -0.452 e. The number of ether oxygens (including phenoxy) is 1. The minimum absolute atomic E-state index is 0.488. The summed E-state index contributed by atoms with van der Waals surface area (Å²) >= 11 is 0. The van der Waals surface area contributed by atoms with Gasteiger partial charge in [0.05, 0.1) is 7.11 Å². The van der Waals surface area contributed by atoms with Crippen LogP contribution in [-0.2, 0) is 4.74 Å². The van der Waals surface area contributed by atoms with Crippen molar-refractivity contribution in [1.29, 1.82) is 0 Å². The highest BCUT2D eigenvalue weighted by Gasteiger charge is 2.40. The van der Waals surface area contributed by atoms with E-state index in [2.05, 4.69) is 15.3 Å². The first-order valence-electron chi connectivity index (χ1n) is 5.59. The lowest BCUT2D eigenvalue weighted by Gasteiger charge is -2.20. The van der Waals surface area contributed by atoms with E-state index in [4.69, 9.17) is 0 Å². The minimum atomic E-state index is -0.488.